The van der Waals surface area contributed by atoms with Crippen LogP contribution in [0.5, 0.6) is 0 Å². The van der Waals surface area contributed by atoms with Gasteiger partial charge in [-0.15, -0.1) is 0 Å². The Hall–Kier alpha value is -3.03. The summed E-state index contributed by atoms with van der Waals surface area (Å²) in [5.41, 5.74) is 0.926. The van der Waals surface area contributed by atoms with Crippen molar-refractivity contribution < 1.29 is 27.8 Å². The number of benzene rings is 1. The lowest BCUT2D eigenvalue weighted by atomic mass is 9.91. The average molecular weight is 434 g/mol. The zero-order valence-corrected chi connectivity index (χ0v) is 17.0. The van der Waals surface area contributed by atoms with Gasteiger partial charge >= 0.3 is 12.1 Å². The molecule has 0 aromatic heterocycles. The highest BCUT2D eigenvalue weighted by Gasteiger charge is 2.36. The van der Waals surface area contributed by atoms with E-state index in [2.05, 4.69) is 5.32 Å². The third kappa shape index (κ3) is 6.23. The van der Waals surface area contributed by atoms with Crippen LogP contribution in [0.15, 0.2) is 54.0 Å². The van der Waals surface area contributed by atoms with Crippen molar-refractivity contribution in [1.82, 2.24) is 5.32 Å². The minimum absolute atomic E-state index is 0.0305. The highest BCUT2D eigenvalue weighted by atomic mass is 19.4. The van der Waals surface area contributed by atoms with Crippen LogP contribution in [0.4, 0.5) is 13.2 Å². The number of carbonyl (C=O) groups is 1. The Morgan fingerprint density at radius 1 is 1.26 bits per heavy atom. The molecule has 2 aliphatic rings. The lowest BCUT2D eigenvalue weighted by Gasteiger charge is -2.19. The van der Waals surface area contributed by atoms with Crippen LogP contribution >= 0.6 is 0 Å². The van der Waals surface area contributed by atoms with Gasteiger partial charge in [0.1, 0.15) is 12.4 Å². The Bertz CT molecular complexity index is 926. The third-order valence-electron chi connectivity index (χ3n) is 5.39. The van der Waals surface area contributed by atoms with Crippen LogP contribution < -0.4 is 5.32 Å². The predicted molar refractivity (Wildman–Crippen MR) is 111 cm³/mol. The van der Waals surface area contributed by atoms with Gasteiger partial charge in [0.05, 0.1) is 17.7 Å². The lowest BCUT2D eigenvalue weighted by Crippen LogP contribution is -2.14. The summed E-state index contributed by atoms with van der Waals surface area (Å²) in [5, 5.41) is 19.4. The van der Waals surface area contributed by atoms with E-state index in [4.69, 9.17) is 15.3 Å². The monoisotopic (exact) mass is 434 g/mol. The SMILES string of the molecule is N=C1C=CC(OCc2ccc(C3CCCC3)c(C(F)(F)F)c2)=C/C1=C/NCCC(=O)O. The van der Waals surface area contributed by atoms with Crippen molar-refractivity contribution in [1.29, 1.82) is 5.41 Å². The molecule has 5 nitrogen and oxygen atoms in total. The van der Waals surface area contributed by atoms with E-state index in [0.29, 0.717) is 22.5 Å². The summed E-state index contributed by atoms with van der Waals surface area (Å²) in [6.07, 6.45) is 5.24. The molecule has 31 heavy (non-hydrogen) atoms. The Kier molecular flexibility index (Phi) is 7.20. The van der Waals surface area contributed by atoms with Crippen molar-refractivity contribution >= 4 is 11.7 Å². The van der Waals surface area contributed by atoms with E-state index in [1.165, 1.54) is 18.3 Å². The van der Waals surface area contributed by atoms with Gasteiger partial charge < -0.3 is 20.6 Å². The molecule has 0 aliphatic heterocycles. The highest BCUT2D eigenvalue weighted by molar-refractivity contribution is 6.09. The minimum atomic E-state index is -4.41. The van der Waals surface area contributed by atoms with Gasteiger partial charge in [-0.3, -0.25) is 4.79 Å². The van der Waals surface area contributed by atoms with Crippen LogP contribution in [0.2, 0.25) is 0 Å². The van der Waals surface area contributed by atoms with Crippen LogP contribution in [0, 0.1) is 5.41 Å². The van der Waals surface area contributed by atoms with Gasteiger partial charge in [0.25, 0.3) is 0 Å². The first-order valence-electron chi connectivity index (χ1n) is 10.2. The number of ether oxygens (including phenoxy) is 1. The Balaban J connectivity index is 1.69. The second-order valence-corrected chi connectivity index (χ2v) is 7.68. The summed E-state index contributed by atoms with van der Waals surface area (Å²) in [6, 6.07) is 4.44. The quantitative estimate of drug-likeness (QED) is 0.485. The maximum absolute atomic E-state index is 13.6. The second-order valence-electron chi connectivity index (χ2n) is 7.68. The lowest BCUT2D eigenvalue weighted by molar-refractivity contribution is -0.138. The van der Waals surface area contributed by atoms with Gasteiger partial charge in [-0.25, -0.2) is 0 Å². The van der Waals surface area contributed by atoms with Crippen LogP contribution in [-0.4, -0.2) is 23.3 Å². The van der Waals surface area contributed by atoms with E-state index in [1.54, 1.807) is 24.3 Å². The van der Waals surface area contributed by atoms with Crippen molar-refractivity contribution in [2.45, 2.75) is 50.8 Å². The molecule has 1 fully saturated rings. The molecule has 8 heteroatoms. The van der Waals surface area contributed by atoms with Crippen LogP contribution in [0.25, 0.3) is 0 Å². The zero-order valence-electron chi connectivity index (χ0n) is 17.0. The molecule has 0 radical (unpaired) electrons. The molecule has 3 rings (SSSR count). The van der Waals surface area contributed by atoms with Crippen LogP contribution in [0.3, 0.4) is 0 Å². The largest absolute Gasteiger partial charge is 0.489 e. The minimum Gasteiger partial charge on any atom is -0.489 e. The fourth-order valence-corrected chi connectivity index (χ4v) is 3.81. The first-order chi connectivity index (χ1) is 14.7. The third-order valence-corrected chi connectivity index (χ3v) is 5.39. The number of carboxylic acids is 1. The molecule has 1 aromatic carbocycles. The second kappa shape index (κ2) is 9.85. The normalized spacial score (nSPS) is 18.4. The Labute approximate surface area is 178 Å². The first kappa shape index (κ1) is 22.7. The standard InChI is InChI=1S/C23H25F3N2O3/c24-23(25,26)20-11-15(5-7-19(20)16-3-1-2-4-16)14-31-18-6-8-21(27)17(12-18)13-28-10-9-22(29)30/h5-8,11-13,16,27-28H,1-4,9-10,14H2,(H,29,30)/b17-13-,27-21?. The topological polar surface area (TPSA) is 82.4 Å². The van der Waals surface area contributed by atoms with Crippen molar-refractivity contribution in [3.63, 3.8) is 0 Å². The molecule has 0 amide bonds. The van der Waals surface area contributed by atoms with Gasteiger partial charge in [-0.1, -0.05) is 25.0 Å². The van der Waals surface area contributed by atoms with Crippen molar-refractivity contribution in [2.24, 2.45) is 0 Å². The molecule has 0 saturated heterocycles. The van der Waals surface area contributed by atoms with E-state index < -0.39 is 17.7 Å². The molecule has 0 bridgehead atoms. The van der Waals surface area contributed by atoms with E-state index in [1.807, 2.05) is 0 Å². The Morgan fingerprint density at radius 2 is 2.00 bits per heavy atom. The molecule has 2 aliphatic carbocycles. The van der Waals surface area contributed by atoms with E-state index >= 15 is 0 Å². The Morgan fingerprint density at radius 3 is 2.68 bits per heavy atom. The molecule has 1 aromatic rings. The molecular formula is C23H25F3N2O3. The van der Waals surface area contributed by atoms with Crippen molar-refractivity contribution in [3.8, 4) is 0 Å². The van der Waals surface area contributed by atoms with Crippen molar-refractivity contribution in [2.75, 3.05) is 6.54 Å². The van der Waals surface area contributed by atoms with Gasteiger partial charge in [0.2, 0.25) is 0 Å². The number of alkyl halides is 3. The summed E-state index contributed by atoms with van der Waals surface area (Å²) in [7, 11) is 0. The molecular weight excluding hydrogens is 409 g/mol. The zero-order chi connectivity index (χ0) is 22.4. The summed E-state index contributed by atoms with van der Waals surface area (Å²) < 4.78 is 46.6. The van der Waals surface area contributed by atoms with Gasteiger partial charge in [0, 0.05) is 18.3 Å². The fraction of sp³-hybridized carbons (Fsp3) is 0.391. The molecule has 3 N–H and O–H groups in total. The number of halogens is 3. The maximum Gasteiger partial charge on any atom is 0.416 e. The van der Waals surface area contributed by atoms with Crippen LogP contribution in [0.1, 0.15) is 54.7 Å². The number of hydrogen-bond acceptors (Lipinski definition) is 4. The maximum atomic E-state index is 13.6. The number of carboxylic acid groups (broad SMARTS) is 1. The highest BCUT2D eigenvalue weighted by Crippen LogP contribution is 2.42. The molecule has 0 atom stereocenters. The predicted octanol–water partition coefficient (Wildman–Crippen LogP) is 5.30. The average Bonchev–Trinajstić information content (AvgIpc) is 3.25. The van der Waals surface area contributed by atoms with Crippen molar-refractivity contribution in [3.05, 3.63) is 70.6 Å². The first-order valence-corrected chi connectivity index (χ1v) is 10.2. The molecule has 166 valence electrons. The van der Waals surface area contributed by atoms with Gasteiger partial charge in [-0.2, -0.15) is 13.2 Å². The van der Waals surface area contributed by atoms with E-state index in [-0.39, 0.29) is 31.2 Å². The number of allylic oxidation sites excluding steroid dienone is 4. The summed E-state index contributed by atoms with van der Waals surface area (Å²) in [5.74, 6) is -0.556. The molecule has 0 spiro atoms. The number of aliphatic carboxylic acids is 1. The van der Waals surface area contributed by atoms with E-state index in [0.717, 1.165) is 25.7 Å². The number of hydrogen-bond donors (Lipinski definition) is 3. The molecule has 0 unspecified atom stereocenters. The van der Waals surface area contributed by atoms with Gasteiger partial charge in [0.15, 0.2) is 0 Å². The fourth-order valence-electron chi connectivity index (χ4n) is 3.81. The summed E-state index contributed by atoms with van der Waals surface area (Å²) in [6.45, 7) is 0.185. The van der Waals surface area contributed by atoms with Gasteiger partial charge in [-0.05, 0) is 54.2 Å². The summed E-state index contributed by atoms with van der Waals surface area (Å²) >= 11 is 0. The number of nitrogens with one attached hydrogen (secondary N) is 2. The van der Waals surface area contributed by atoms with Crippen LogP contribution in [-0.2, 0) is 22.3 Å². The summed E-state index contributed by atoms with van der Waals surface area (Å²) in [4.78, 5) is 10.6. The number of rotatable bonds is 8. The smallest absolute Gasteiger partial charge is 0.416 e. The molecule has 1 saturated carbocycles. The van der Waals surface area contributed by atoms with E-state index in [9.17, 15) is 18.0 Å². The molecule has 0 heterocycles.